The number of hydrogen-bond acceptors (Lipinski definition) is 3. The summed E-state index contributed by atoms with van der Waals surface area (Å²) in [7, 11) is 1.63. The monoisotopic (exact) mass is 375 g/mol. The van der Waals surface area contributed by atoms with Gasteiger partial charge >= 0.3 is 0 Å². The van der Waals surface area contributed by atoms with Gasteiger partial charge in [0, 0.05) is 18.1 Å². The molecule has 1 N–H and O–H groups in total. The Morgan fingerprint density at radius 2 is 1.96 bits per heavy atom. The van der Waals surface area contributed by atoms with E-state index in [2.05, 4.69) is 32.7 Å². The Morgan fingerprint density at radius 1 is 1.33 bits per heavy atom. The molecule has 0 aromatic carbocycles. The van der Waals surface area contributed by atoms with Gasteiger partial charge in [0.25, 0.3) is 0 Å². The minimum atomic E-state index is -0.644. The van der Waals surface area contributed by atoms with E-state index in [0.717, 1.165) is 30.4 Å². The van der Waals surface area contributed by atoms with Crippen LogP contribution in [0.4, 0.5) is 0 Å². The highest BCUT2D eigenvalue weighted by atomic mass is 16.5. The van der Waals surface area contributed by atoms with Crippen molar-refractivity contribution in [1.29, 1.82) is 0 Å². The van der Waals surface area contributed by atoms with Crippen molar-refractivity contribution in [2.24, 2.45) is 11.3 Å². The van der Waals surface area contributed by atoms with Gasteiger partial charge in [-0.3, -0.25) is 9.59 Å². The van der Waals surface area contributed by atoms with Crippen LogP contribution in [-0.2, 0) is 14.3 Å². The van der Waals surface area contributed by atoms with E-state index in [-0.39, 0.29) is 11.7 Å². The molecule has 0 saturated carbocycles. The number of Topliss-reactive ketones (excluding diaryl/α,β-unsaturated/α-hetero) is 1. The highest BCUT2D eigenvalue weighted by Crippen LogP contribution is 2.53. The summed E-state index contributed by atoms with van der Waals surface area (Å²) in [5.41, 5.74) is 1.47. The second-order valence-electron chi connectivity index (χ2n) is 8.47. The number of hydrogen-bond donors (Lipinski definition) is 1. The minimum absolute atomic E-state index is 0.0196. The molecular weight excluding hydrogens is 338 g/mol. The second kappa shape index (κ2) is 9.50. The molecule has 2 unspecified atom stereocenters. The van der Waals surface area contributed by atoms with Crippen LogP contribution in [0.25, 0.3) is 0 Å². The molecule has 1 aliphatic heterocycles. The molecule has 0 aromatic rings. The number of methoxy groups -OCH3 is 1. The summed E-state index contributed by atoms with van der Waals surface area (Å²) in [5.74, 6) is 0.451. The molecule has 152 valence electrons. The van der Waals surface area contributed by atoms with Crippen molar-refractivity contribution >= 4 is 11.7 Å². The van der Waals surface area contributed by atoms with Gasteiger partial charge in [-0.1, -0.05) is 45.4 Å². The number of ketones is 1. The van der Waals surface area contributed by atoms with E-state index in [1.54, 1.807) is 14.0 Å². The van der Waals surface area contributed by atoms with Crippen molar-refractivity contribution < 1.29 is 14.3 Å². The van der Waals surface area contributed by atoms with Crippen LogP contribution in [0.2, 0.25) is 0 Å². The van der Waals surface area contributed by atoms with E-state index < -0.39 is 11.0 Å². The van der Waals surface area contributed by atoms with Crippen molar-refractivity contribution in [3.05, 3.63) is 35.5 Å². The van der Waals surface area contributed by atoms with Crippen LogP contribution in [0.3, 0.4) is 0 Å². The first-order valence-corrected chi connectivity index (χ1v) is 9.92. The third-order valence-corrected chi connectivity index (χ3v) is 5.57. The molecule has 0 radical (unpaired) electrons. The first-order chi connectivity index (χ1) is 12.5. The summed E-state index contributed by atoms with van der Waals surface area (Å²) < 4.78 is 5.23. The molecular formula is C23H37NO3. The Kier molecular flexibility index (Phi) is 8.22. The molecule has 1 amide bonds. The van der Waals surface area contributed by atoms with Gasteiger partial charge in [-0.15, -0.1) is 0 Å². The summed E-state index contributed by atoms with van der Waals surface area (Å²) in [6, 6.07) is 0. The van der Waals surface area contributed by atoms with Gasteiger partial charge in [0.1, 0.15) is 0 Å². The van der Waals surface area contributed by atoms with E-state index >= 15 is 0 Å². The number of ether oxygens (including phenoxy) is 1. The lowest BCUT2D eigenvalue weighted by atomic mass is 9.61. The first-order valence-electron chi connectivity index (χ1n) is 9.92. The largest absolute Gasteiger partial charge is 0.381 e. The van der Waals surface area contributed by atoms with Crippen LogP contribution < -0.4 is 5.32 Å². The standard InChI is InChI=1S/C23H37NO3/c1-9-11-23(14-17(4)13-16(2)3)20(10-12-27-8)21(26)24-22(23,7)15-18(5)19(6)25/h10,15-16H,4,9,11-14H2,1-3,5-8H3,(H,24,26). The lowest BCUT2D eigenvalue weighted by Crippen LogP contribution is -2.49. The fraction of sp³-hybridized carbons (Fsp3) is 0.652. The molecule has 4 heteroatoms. The van der Waals surface area contributed by atoms with Crippen molar-refractivity contribution in [2.45, 2.75) is 72.8 Å². The van der Waals surface area contributed by atoms with Crippen molar-refractivity contribution in [1.82, 2.24) is 5.32 Å². The number of carbonyl (C=O) groups is 2. The third-order valence-electron chi connectivity index (χ3n) is 5.57. The van der Waals surface area contributed by atoms with Crippen LogP contribution in [0.5, 0.6) is 0 Å². The van der Waals surface area contributed by atoms with Crippen LogP contribution in [0.15, 0.2) is 35.5 Å². The van der Waals surface area contributed by atoms with Gasteiger partial charge in [0.15, 0.2) is 5.78 Å². The summed E-state index contributed by atoms with van der Waals surface area (Å²) in [6.45, 7) is 16.6. The maximum atomic E-state index is 13.0. The highest BCUT2D eigenvalue weighted by molar-refractivity contribution is 6.00. The molecule has 0 aromatic heterocycles. The van der Waals surface area contributed by atoms with Gasteiger partial charge in [-0.05, 0) is 57.6 Å². The van der Waals surface area contributed by atoms with Crippen LogP contribution >= 0.6 is 0 Å². The summed E-state index contributed by atoms with van der Waals surface area (Å²) in [6.07, 6.45) is 7.23. The smallest absolute Gasteiger partial charge is 0.248 e. The highest BCUT2D eigenvalue weighted by Gasteiger charge is 2.57. The van der Waals surface area contributed by atoms with Gasteiger partial charge < -0.3 is 10.1 Å². The second-order valence-corrected chi connectivity index (χ2v) is 8.47. The number of carbonyl (C=O) groups excluding carboxylic acids is 2. The molecule has 0 aliphatic carbocycles. The summed E-state index contributed by atoms with van der Waals surface area (Å²) in [5, 5.41) is 3.18. The summed E-state index contributed by atoms with van der Waals surface area (Å²) in [4.78, 5) is 24.9. The van der Waals surface area contributed by atoms with Crippen LogP contribution in [0, 0.1) is 11.3 Å². The van der Waals surface area contributed by atoms with E-state index in [1.165, 1.54) is 0 Å². The fourth-order valence-electron chi connectivity index (χ4n) is 4.35. The van der Waals surface area contributed by atoms with Crippen LogP contribution in [-0.4, -0.2) is 30.9 Å². The zero-order valence-electron chi connectivity index (χ0n) is 18.2. The Balaban J connectivity index is 3.58. The summed E-state index contributed by atoms with van der Waals surface area (Å²) >= 11 is 0. The first kappa shape index (κ1) is 23.4. The topological polar surface area (TPSA) is 55.4 Å². The zero-order chi connectivity index (χ0) is 20.8. The molecule has 1 saturated heterocycles. The maximum Gasteiger partial charge on any atom is 0.248 e. The quantitative estimate of drug-likeness (QED) is 0.442. The molecule has 2 atom stereocenters. The third kappa shape index (κ3) is 5.19. The maximum absolute atomic E-state index is 13.0. The minimum Gasteiger partial charge on any atom is -0.381 e. The van der Waals surface area contributed by atoms with Gasteiger partial charge in [-0.25, -0.2) is 0 Å². The van der Waals surface area contributed by atoms with Gasteiger partial charge in [0.05, 0.1) is 12.1 Å². The molecule has 4 nitrogen and oxygen atoms in total. The zero-order valence-corrected chi connectivity index (χ0v) is 18.2. The Labute approximate surface area is 165 Å². The fourth-order valence-corrected chi connectivity index (χ4v) is 4.35. The van der Waals surface area contributed by atoms with Crippen LogP contribution in [0.1, 0.15) is 67.2 Å². The number of allylic oxidation sites excluding steroid dienone is 2. The van der Waals surface area contributed by atoms with Gasteiger partial charge in [0.2, 0.25) is 5.91 Å². The number of nitrogens with one attached hydrogen (secondary N) is 1. The predicted octanol–water partition coefficient (Wildman–Crippen LogP) is 4.76. The normalized spacial score (nSPS) is 27.3. The molecule has 1 heterocycles. The van der Waals surface area contributed by atoms with E-state index in [0.29, 0.717) is 24.5 Å². The van der Waals surface area contributed by atoms with Crippen molar-refractivity contribution in [2.75, 3.05) is 13.7 Å². The van der Waals surface area contributed by atoms with E-state index in [9.17, 15) is 9.59 Å². The van der Waals surface area contributed by atoms with Crippen molar-refractivity contribution in [3.63, 3.8) is 0 Å². The molecule has 0 spiro atoms. The Bertz CT molecular complexity index is 644. The Hall–Kier alpha value is -1.68. The lowest BCUT2D eigenvalue weighted by Gasteiger charge is -2.43. The number of amides is 1. The predicted molar refractivity (Wildman–Crippen MR) is 111 cm³/mol. The Morgan fingerprint density at radius 3 is 2.44 bits per heavy atom. The number of rotatable bonds is 10. The van der Waals surface area contributed by atoms with E-state index in [1.807, 2.05) is 26.0 Å². The molecule has 27 heavy (non-hydrogen) atoms. The molecule has 1 aliphatic rings. The average molecular weight is 376 g/mol. The SMILES string of the molecule is C=C(CC(C)C)CC1(CCC)C(=CCOC)C(=O)NC1(C)C=C(C)C(C)=O. The van der Waals surface area contributed by atoms with Crippen molar-refractivity contribution in [3.8, 4) is 0 Å². The molecule has 0 bridgehead atoms. The van der Waals surface area contributed by atoms with E-state index in [4.69, 9.17) is 4.74 Å². The average Bonchev–Trinajstić information content (AvgIpc) is 2.71. The molecule has 1 fully saturated rings. The van der Waals surface area contributed by atoms with Gasteiger partial charge in [-0.2, -0.15) is 0 Å². The lowest BCUT2D eigenvalue weighted by molar-refractivity contribution is -0.117. The molecule has 1 rings (SSSR count).